The van der Waals surface area contributed by atoms with E-state index in [9.17, 15) is 5.11 Å². The summed E-state index contributed by atoms with van der Waals surface area (Å²) in [6.07, 6.45) is 10.2. The van der Waals surface area contributed by atoms with Crippen LogP contribution in [0.25, 0.3) is 16.2 Å². The molecule has 33 heavy (non-hydrogen) atoms. The van der Waals surface area contributed by atoms with Gasteiger partial charge >= 0.3 is 0 Å². The van der Waals surface area contributed by atoms with E-state index in [0.29, 0.717) is 11.8 Å². The summed E-state index contributed by atoms with van der Waals surface area (Å²) in [6.45, 7) is 7.26. The fraction of sp³-hybridized carbons (Fsp3) is 0.571. The van der Waals surface area contributed by atoms with Crippen molar-refractivity contribution in [3.63, 3.8) is 0 Å². The fourth-order valence-electron chi connectivity index (χ4n) is 8.53. The highest BCUT2D eigenvalue weighted by Gasteiger charge is 2.58. The molecule has 0 spiro atoms. The van der Waals surface area contributed by atoms with E-state index in [-0.39, 0.29) is 16.9 Å². The zero-order chi connectivity index (χ0) is 22.5. The predicted octanol–water partition coefficient (Wildman–Crippen LogP) is 6.10. The molecule has 0 aliphatic heterocycles. The number of fused-ring (bicyclic) bond motifs is 9. The molecule has 3 heterocycles. The van der Waals surface area contributed by atoms with Crippen molar-refractivity contribution in [2.45, 2.75) is 77.2 Å². The van der Waals surface area contributed by atoms with Crippen molar-refractivity contribution in [2.24, 2.45) is 23.2 Å². The minimum Gasteiger partial charge on any atom is -0.393 e. The summed E-state index contributed by atoms with van der Waals surface area (Å²) < 4.78 is 2.18. The number of thiophene rings is 1. The smallest absolute Gasteiger partial charge is 0.156 e. The Labute approximate surface area is 199 Å². The Hall–Kier alpha value is -1.98. The lowest BCUT2D eigenvalue weighted by Crippen LogP contribution is -2.51. The van der Waals surface area contributed by atoms with E-state index in [0.717, 1.165) is 42.9 Å². The average Bonchev–Trinajstić information content (AvgIpc) is 3.51. The number of rotatable bonds is 1. The topological polar surface area (TPSA) is 50.4 Å². The van der Waals surface area contributed by atoms with Crippen molar-refractivity contribution in [3.05, 3.63) is 52.2 Å². The van der Waals surface area contributed by atoms with Crippen LogP contribution in [0.4, 0.5) is 0 Å². The molecule has 4 aliphatic carbocycles. The van der Waals surface area contributed by atoms with E-state index in [1.807, 2.05) is 0 Å². The molecule has 2 fully saturated rings. The number of hydrogen-bond donors (Lipinski definition) is 1. The molecule has 0 amide bonds. The maximum atomic E-state index is 10.3. The third kappa shape index (κ3) is 2.67. The first kappa shape index (κ1) is 20.4. The number of allylic oxidation sites excluding steroid dienone is 1. The first-order valence-corrected chi connectivity index (χ1v) is 13.6. The first-order chi connectivity index (χ1) is 15.9. The van der Waals surface area contributed by atoms with Crippen molar-refractivity contribution in [1.29, 1.82) is 0 Å². The van der Waals surface area contributed by atoms with Gasteiger partial charge in [-0.1, -0.05) is 31.6 Å². The summed E-state index contributed by atoms with van der Waals surface area (Å²) in [5.74, 6) is 2.09. The van der Waals surface area contributed by atoms with Gasteiger partial charge < -0.3 is 5.11 Å². The van der Waals surface area contributed by atoms with Gasteiger partial charge in [0.1, 0.15) is 5.69 Å². The lowest BCUT2D eigenvalue weighted by Gasteiger charge is -2.57. The van der Waals surface area contributed by atoms with Crippen LogP contribution in [-0.4, -0.2) is 25.8 Å². The van der Waals surface area contributed by atoms with Gasteiger partial charge in [0.15, 0.2) is 5.65 Å². The van der Waals surface area contributed by atoms with Gasteiger partial charge in [0.25, 0.3) is 0 Å². The van der Waals surface area contributed by atoms with E-state index in [2.05, 4.69) is 54.9 Å². The Balaban J connectivity index is 1.33. The van der Waals surface area contributed by atoms with Crippen LogP contribution < -0.4 is 0 Å². The van der Waals surface area contributed by atoms with Crippen LogP contribution in [0.15, 0.2) is 35.2 Å². The van der Waals surface area contributed by atoms with Gasteiger partial charge in [-0.25, -0.2) is 9.50 Å². The predicted molar refractivity (Wildman–Crippen MR) is 132 cm³/mol. The summed E-state index contributed by atoms with van der Waals surface area (Å²) in [4.78, 5) is 6.28. The lowest BCUT2D eigenvalue weighted by atomic mass is 9.47. The zero-order valence-corrected chi connectivity index (χ0v) is 20.7. The van der Waals surface area contributed by atoms with E-state index < -0.39 is 0 Å². The monoisotopic (exact) mass is 459 g/mol. The number of hydrogen-bond acceptors (Lipinski definition) is 4. The standard InChI is InChI=1S/C28H33N3OS/c1-16-26-23(31-25(29-16)15-22(30-31)24-5-4-12-33-24)14-21-19-7-6-17-13-18(32)8-10-27(17,2)20(19)9-11-28(21,26)3/h4-6,12,15,18-21,32H,7-11,13-14H2,1-3H3/t18-,19+,20-,21-,27-,28-/m0/s1. The van der Waals surface area contributed by atoms with Gasteiger partial charge in [0, 0.05) is 17.3 Å². The Bertz CT molecular complexity index is 1290. The van der Waals surface area contributed by atoms with Crippen LogP contribution in [0.3, 0.4) is 0 Å². The second-order valence-electron chi connectivity index (χ2n) is 11.6. The molecule has 5 heteroatoms. The average molecular weight is 460 g/mol. The highest BCUT2D eigenvalue weighted by Crippen LogP contribution is 2.64. The Morgan fingerprint density at radius 1 is 1.12 bits per heavy atom. The van der Waals surface area contributed by atoms with E-state index in [4.69, 9.17) is 10.1 Å². The lowest BCUT2D eigenvalue weighted by molar-refractivity contribution is -0.0165. The van der Waals surface area contributed by atoms with Crippen LogP contribution in [0.1, 0.15) is 69.3 Å². The molecule has 2 saturated carbocycles. The van der Waals surface area contributed by atoms with Gasteiger partial charge in [-0.3, -0.25) is 0 Å². The summed E-state index contributed by atoms with van der Waals surface area (Å²) in [5, 5.41) is 17.5. The summed E-state index contributed by atoms with van der Waals surface area (Å²) in [5.41, 5.74) is 8.15. The highest BCUT2D eigenvalue weighted by molar-refractivity contribution is 7.13. The quantitative estimate of drug-likeness (QED) is 0.447. The summed E-state index contributed by atoms with van der Waals surface area (Å²) in [7, 11) is 0. The van der Waals surface area contributed by atoms with Gasteiger partial charge in [0.05, 0.1) is 16.7 Å². The second-order valence-corrected chi connectivity index (χ2v) is 12.6. The molecular formula is C28H33N3OS. The molecule has 7 rings (SSSR count). The first-order valence-electron chi connectivity index (χ1n) is 12.7. The normalized spacial score (nSPS) is 37.3. The van der Waals surface area contributed by atoms with Crippen molar-refractivity contribution < 1.29 is 5.11 Å². The molecule has 1 N–H and O–H groups in total. The summed E-state index contributed by atoms with van der Waals surface area (Å²) in [6, 6.07) is 6.41. The molecule has 4 aliphatic rings. The van der Waals surface area contributed by atoms with E-state index >= 15 is 0 Å². The van der Waals surface area contributed by atoms with E-state index in [1.165, 1.54) is 41.1 Å². The van der Waals surface area contributed by atoms with Gasteiger partial charge in [-0.2, -0.15) is 5.10 Å². The molecule has 0 bridgehead atoms. The molecule has 6 atom stereocenters. The molecule has 0 unspecified atom stereocenters. The van der Waals surface area contributed by atoms with Crippen LogP contribution >= 0.6 is 11.3 Å². The molecule has 3 aromatic heterocycles. The Morgan fingerprint density at radius 3 is 2.79 bits per heavy atom. The SMILES string of the molecule is Cc1nc2cc(-c3cccs3)nn2c2c1[C@@]1(C)CC[C@H]3[C@@H](CC=C4C[C@@H](O)CC[C@@]43C)[C@@H]1C2. The third-order valence-electron chi connectivity index (χ3n) is 10.1. The van der Waals surface area contributed by atoms with Crippen molar-refractivity contribution in [2.75, 3.05) is 0 Å². The maximum absolute atomic E-state index is 10.3. The van der Waals surface area contributed by atoms with Crippen molar-refractivity contribution in [3.8, 4) is 10.6 Å². The van der Waals surface area contributed by atoms with Crippen LogP contribution in [0.5, 0.6) is 0 Å². The maximum Gasteiger partial charge on any atom is 0.156 e. The minimum atomic E-state index is -0.134. The zero-order valence-electron chi connectivity index (χ0n) is 19.8. The largest absolute Gasteiger partial charge is 0.393 e. The fourth-order valence-corrected chi connectivity index (χ4v) is 9.21. The molecule has 172 valence electrons. The Kier molecular flexibility index (Phi) is 4.20. The molecule has 0 radical (unpaired) electrons. The number of aliphatic hydroxyl groups is 1. The number of nitrogens with zero attached hydrogens (tertiary/aromatic N) is 3. The van der Waals surface area contributed by atoms with Crippen molar-refractivity contribution in [1.82, 2.24) is 14.6 Å². The molecule has 0 aromatic carbocycles. The molecule has 4 nitrogen and oxygen atoms in total. The minimum absolute atomic E-state index is 0.134. The molecular weight excluding hydrogens is 426 g/mol. The number of aryl methyl sites for hydroxylation is 1. The highest BCUT2D eigenvalue weighted by atomic mass is 32.1. The molecule has 3 aromatic rings. The number of aliphatic hydroxyl groups excluding tert-OH is 1. The number of aromatic nitrogens is 3. The van der Waals surface area contributed by atoms with Gasteiger partial charge in [-0.05, 0) is 91.9 Å². The van der Waals surface area contributed by atoms with Crippen LogP contribution in [-0.2, 0) is 11.8 Å². The molecule has 0 saturated heterocycles. The third-order valence-corrected chi connectivity index (χ3v) is 11.0. The summed E-state index contributed by atoms with van der Waals surface area (Å²) >= 11 is 1.75. The van der Waals surface area contributed by atoms with Crippen LogP contribution in [0.2, 0.25) is 0 Å². The Morgan fingerprint density at radius 2 is 1.97 bits per heavy atom. The van der Waals surface area contributed by atoms with Gasteiger partial charge in [0.2, 0.25) is 0 Å². The second kappa shape index (κ2) is 6.79. The van der Waals surface area contributed by atoms with Gasteiger partial charge in [-0.15, -0.1) is 11.3 Å². The van der Waals surface area contributed by atoms with E-state index in [1.54, 1.807) is 16.9 Å². The van der Waals surface area contributed by atoms with Crippen LogP contribution in [0, 0.1) is 30.1 Å². The van der Waals surface area contributed by atoms with Crippen molar-refractivity contribution >= 4 is 17.0 Å².